The molecule has 18 heavy (non-hydrogen) atoms. The fourth-order valence-electron chi connectivity index (χ4n) is 2.41. The second-order valence-corrected chi connectivity index (χ2v) is 5.80. The molecule has 0 aromatic carbocycles. The molecule has 1 aliphatic heterocycles. The lowest BCUT2D eigenvalue weighted by molar-refractivity contribution is 0.0509. The molecule has 0 bridgehead atoms. The van der Waals surface area contributed by atoms with Crippen molar-refractivity contribution in [3.63, 3.8) is 0 Å². The first-order chi connectivity index (χ1) is 8.45. The minimum atomic E-state index is -0.233. The molecule has 0 fully saturated rings. The Morgan fingerprint density at radius 3 is 2.72 bits per heavy atom. The molecule has 0 spiro atoms. The first kappa shape index (κ1) is 13.1. The Morgan fingerprint density at radius 1 is 1.39 bits per heavy atom. The number of esters is 1. The molecule has 1 aliphatic rings. The zero-order valence-electron chi connectivity index (χ0n) is 11.7. The van der Waals surface area contributed by atoms with Gasteiger partial charge in [-0.25, -0.2) is 9.78 Å². The van der Waals surface area contributed by atoms with Gasteiger partial charge in [0.1, 0.15) is 5.82 Å². The zero-order valence-corrected chi connectivity index (χ0v) is 11.7. The number of rotatable bonds is 2. The van der Waals surface area contributed by atoms with E-state index in [0.717, 1.165) is 37.3 Å². The smallest absolute Gasteiger partial charge is 0.356 e. The fraction of sp³-hybridized carbons (Fsp3) is 0.714. The molecular weight excluding hydrogens is 228 g/mol. The highest BCUT2D eigenvalue weighted by molar-refractivity contribution is 5.89. The van der Waals surface area contributed by atoms with Crippen molar-refractivity contribution >= 4 is 5.97 Å². The van der Waals surface area contributed by atoms with Crippen LogP contribution in [0.2, 0.25) is 0 Å². The van der Waals surface area contributed by atoms with Gasteiger partial charge in [0.25, 0.3) is 0 Å². The number of ether oxygens (including phenoxy) is 1. The van der Waals surface area contributed by atoms with Crippen molar-refractivity contribution in [2.45, 2.75) is 58.9 Å². The lowest BCUT2D eigenvalue weighted by atomic mass is 9.90. The Morgan fingerprint density at radius 2 is 2.11 bits per heavy atom. The molecule has 2 heterocycles. The Bertz CT molecular complexity index is 455. The first-order valence-electron chi connectivity index (χ1n) is 6.72. The molecule has 0 saturated heterocycles. The molecule has 2 rings (SSSR count). The number of hydrogen-bond donors (Lipinski definition) is 0. The van der Waals surface area contributed by atoms with Crippen LogP contribution in [0.3, 0.4) is 0 Å². The van der Waals surface area contributed by atoms with E-state index in [1.54, 1.807) is 0 Å². The van der Waals surface area contributed by atoms with Crippen molar-refractivity contribution < 1.29 is 9.53 Å². The molecule has 0 atom stereocenters. The van der Waals surface area contributed by atoms with Crippen molar-refractivity contribution in [1.82, 2.24) is 9.55 Å². The summed E-state index contributed by atoms with van der Waals surface area (Å²) in [6.45, 7) is 9.38. The molecule has 1 aromatic rings. The molecule has 4 heteroatoms. The number of nitrogens with zero attached hydrogens (tertiary/aromatic N) is 2. The molecule has 0 saturated carbocycles. The van der Waals surface area contributed by atoms with E-state index in [0.29, 0.717) is 12.3 Å². The van der Waals surface area contributed by atoms with Gasteiger partial charge in [-0.3, -0.25) is 0 Å². The van der Waals surface area contributed by atoms with Crippen LogP contribution in [-0.4, -0.2) is 22.1 Å². The summed E-state index contributed by atoms with van der Waals surface area (Å²) in [6.07, 6.45) is 3.23. The van der Waals surface area contributed by atoms with Crippen molar-refractivity contribution in [2.75, 3.05) is 6.61 Å². The van der Waals surface area contributed by atoms with Gasteiger partial charge in [-0.1, -0.05) is 20.8 Å². The number of hydrogen-bond acceptors (Lipinski definition) is 3. The highest BCUT2D eigenvalue weighted by Crippen LogP contribution is 2.29. The normalized spacial score (nSPS) is 15.3. The van der Waals surface area contributed by atoms with Gasteiger partial charge in [0.15, 0.2) is 5.69 Å². The largest absolute Gasteiger partial charge is 0.461 e. The van der Waals surface area contributed by atoms with Crippen molar-refractivity contribution in [3.05, 3.63) is 17.2 Å². The molecule has 100 valence electrons. The van der Waals surface area contributed by atoms with E-state index in [4.69, 9.17) is 4.74 Å². The Kier molecular flexibility index (Phi) is 3.46. The van der Waals surface area contributed by atoms with Crippen LogP contribution in [0.5, 0.6) is 0 Å². The van der Waals surface area contributed by atoms with Gasteiger partial charge in [-0.15, -0.1) is 0 Å². The third kappa shape index (κ3) is 2.28. The third-order valence-electron chi connectivity index (χ3n) is 3.26. The average molecular weight is 250 g/mol. The summed E-state index contributed by atoms with van der Waals surface area (Å²) < 4.78 is 7.25. The maximum Gasteiger partial charge on any atom is 0.356 e. The molecule has 0 unspecified atom stereocenters. The molecule has 0 N–H and O–H groups in total. The second kappa shape index (κ2) is 4.75. The summed E-state index contributed by atoms with van der Waals surface area (Å²) in [4.78, 5) is 16.8. The van der Waals surface area contributed by atoms with Crippen LogP contribution in [0, 0.1) is 0 Å². The van der Waals surface area contributed by atoms with E-state index >= 15 is 0 Å². The summed E-state index contributed by atoms with van der Waals surface area (Å²) in [6, 6.07) is 0. The Balaban J connectivity index is 2.52. The van der Waals surface area contributed by atoms with Crippen molar-refractivity contribution in [3.8, 4) is 0 Å². The van der Waals surface area contributed by atoms with Crippen LogP contribution in [0.4, 0.5) is 0 Å². The minimum absolute atomic E-state index is 0.133. The average Bonchev–Trinajstić information content (AvgIpc) is 2.68. The van der Waals surface area contributed by atoms with E-state index in [1.807, 2.05) is 6.92 Å². The van der Waals surface area contributed by atoms with Crippen LogP contribution in [0.1, 0.15) is 62.5 Å². The van der Waals surface area contributed by atoms with Crippen LogP contribution >= 0.6 is 0 Å². The maximum absolute atomic E-state index is 12.2. The molecule has 4 nitrogen and oxygen atoms in total. The summed E-state index contributed by atoms with van der Waals surface area (Å²) in [5, 5.41) is 0. The lowest BCUT2D eigenvalue weighted by Gasteiger charge is -2.19. The monoisotopic (exact) mass is 250 g/mol. The van der Waals surface area contributed by atoms with Gasteiger partial charge in [0.2, 0.25) is 0 Å². The van der Waals surface area contributed by atoms with E-state index in [2.05, 4.69) is 30.3 Å². The van der Waals surface area contributed by atoms with Crippen LogP contribution in [-0.2, 0) is 23.1 Å². The predicted molar refractivity (Wildman–Crippen MR) is 69.8 cm³/mol. The SMILES string of the molecule is CCOC(=O)c1c(C(C)(C)C)nc2n1CCCC2. The number of fused-ring (bicyclic) bond motifs is 1. The van der Waals surface area contributed by atoms with Gasteiger partial charge in [0.05, 0.1) is 12.3 Å². The van der Waals surface area contributed by atoms with E-state index in [1.165, 1.54) is 0 Å². The van der Waals surface area contributed by atoms with Crippen LogP contribution < -0.4 is 0 Å². The first-order valence-corrected chi connectivity index (χ1v) is 6.72. The number of aryl methyl sites for hydroxylation is 1. The number of imidazole rings is 1. The second-order valence-electron chi connectivity index (χ2n) is 5.80. The predicted octanol–water partition coefficient (Wildman–Crippen LogP) is 2.69. The summed E-state index contributed by atoms with van der Waals surface area (Å²) in [7, 11) is 0. The van der Waals surface area contributed by atoms with Crippen molar-refractivity contribution in [1.29, 1.82) is 0 Å². The van der Waals surface area contributed by atoms with Gasteiger partial charge >= 0.3 is 5.97 Å². The van der Waals surface area contributed by atoms with Crippen LogP contribution in [0.25, 0.3) is 0 Å². The fourth-order valence-corrected chi connectivity index (χ4v) is 2.41. The molecule has 0 radical (unpaired) electrons. The van der Waals surface area contributed by atoms with Gasteiger partial charge in [0, 0.05) is 18.4 Å². The molecular formula is C14H22N2O2. The Hall–Kier alpha value is -1.32. The molecule has 1 aromatic heterocycles. The highest BCUT2D eigenvalue weighted by Gasteiger charge is 2.31. The molecule has 0 aliphatic carbocycles. The Labute approximate surface area is 108 Å². The summed E-state index contributed by atoms with van der Waals surface area (Å²) in [5.74, 6) is 0.803. The maximum atomic E-state index is 12.2. The van der Waals surface area contributed by atoms with Gasteiger partial charge in [-0.2, -0.15) is 0 Å². The van der Waals surface area contributed by atoms with E-state index < -0.39 is 0 Å². The standard InChI is InChI=1S/C14H22N2O2/c1-5-18-13(17)11-12(14(2,3)4)15-10-8-6-7-9-16(10)11/h5-9H2,1-4H3. The van der Waals surface area contributed by atoms with E-state index in [-0.39, 0.29) is 11.4 Å². The molecule has 0 amide bonds. The third-order valence-corrected chi connectivity index (χ3v) is 3.26. The number of carbonyl (C=O) groups excluding carboxylic acids is 1. The van der Waals surface area contributed by atoms with E-state index in [9.17, 15) is 4.79 Å². The zero-order chi connectivity index (χ0) is 13.3. The lowest BCUT2D eigenvalue weighted by Crippen LogP contribution is -2.22. The van der Waals surface area contributed by atoms with Crippen LogP contribution in [0.15, 0.2) is 0 Å². The highest BCUT2D eigenvalue weighted by atomic mass is 16.5. The topological polar surface area (TPSA) is 44.1 Å². The minimum Gasteiger partial charge on any atom is -0.461 e. The van der Waals surface area contributed by atoms with Gasteiger partial charge in [-0.05, 0) is 19.8 Å². The summed E-state index contributed by atoms with van der Waals surface area (Å²) >= 11 is 0. The number of aromatic nitrogens is 2. The van der Waals surface area contributed by atoms with Gasteiger partial charge < -0.3 is 9.30 Å². The summed E-state index contributed by atoms with van der Waals surface area (Å²) in [5.41, 5.74) is 1.41. The number of carbonyl (C=O) groups is 1. The van der Waals surface area contributed by atoms with Crippen molar-refractivity contribution in [2.24, 2.45) is 0 Å². The quantitative estimate of drug-likeness (QED) is 0.758.